The number of alkyl halides is 3. The predicted molar refractivity (Wildman–Crippen MR) is 46.9 cm³/mol. The van der Waals surface area contributed by atoms with Gasteiger partial charge in [0.25, 0.3) is 0 Å². The Bertz CT molecular complexity index is 228. The van der Waals surface area contributed by atoms with Gasteiger partial charge in [-0.25, -0.2) is 0 Å². The van der Waals surface area contributed by atoms with Crippen molar-refractivity contribution in [2.24, 2.45) is 5.41 Å². The van der Waals surface area contributed by atoms with Crippen LogP contribution in [0.1, 0.15) is 12.8 Å². The fraction of sp³-hybridized carbons (Fsp3) is 1.00. The highest BCUT2D eigenvalue weighted by Gasteiger charge is 2.76. The SMILES string of the molecule is BC(B)(O)C(O)(O)C1(C(F)(F)F)CC1. The van der Waals surface area contributed by atoms with Crippen LogP contribution in [0.3, 0.4) is 0 Å². The molecule has 3 nitrogen and oxygen atoms in total. The summed E-state index contributed by atoms with van der Waals surface area (Å²) >= 11 is 0. The standard InChI is InChI=1S/C6H11B2F3O3/c7-5(8,14)4(12,13)3(1-2-3)6(9,10)11/h12-14H,1-2,7-8H2. The van der Waals surface area contributed by atoms with E-state index in [9.17, 15) is 28.5 Å². The van der Waals surface area contributed by atoms with Gasteiger partial charge in [-0.3, -0.25) is 0 Å². The Labute approximate surface area is 80.7 Å². The zero-order valence-corrected chi connectivity index (χ0v) is 7.89. The summed E-state index contributed by atoms with van der Waals surface area (Å²) in [5, 5.41) is 25.8. The van der Waals surface area contributed by atoms with Crippen LogP contribution >= 0.6 is 0 Å². The summed E-state index contributed by atoms with van der Waals surface area (Å²) in [5.74, 6) is -3.14. The van der Waals surface area contributed by atoms with Crippen molar-refractivity contribution in [3.8, 4) is 0 Å². The highest BCUT2D eigenvalue weighted by Crippen LogP contribution is 2.64. The van der Waals surface area contributed by atoms with Crippen LogP contribution in [-0.4, -0.2) is 48.4 Å². The first-order chi connectivity index (χ1) is 5.96. The lowest BCUT2D eigenvalue weighted by atomic mass is 9.56. The second-order valence-electron chi connectivity index (χ2n) is 4.31. The molecule has 0 aliphatic heterocycles. The molecule has 1 rings (SSSR count). The van der Waals surface area contributed by atoms with Crippen molar-refractivity contribution in [1.29, 1.82) is 0 Å². The molecule has 1 saturated carbocycles. The van der Waals surface area contributed by atoms with Crippen LogP contribution in [0.5, 0.6) is 0 Å². The Morgan fingerprint density at radius 3 is 1.43 bits per heavy atom. The van der Waals surface area contributed by atoms with Crippen LogP contribution in [0, 0.1) is 5.41 Å². The predicted octanol–water partition coefficient (Wildman–Crippen LogP) is -2.08. The van der Waals surface area contributed by atoms with Crippen molar-refractivity contribution in [2.45, 2.75) is 30.2 Å². The third kappa shape index (κ3) is 1.36. The van der Waals surface area contributed by atoms with Gasteiger partial charge in [-0.2, -0.15) is 13.2 Å². The fourth-order valence-electron chi connectivity index (χ4n) is 1.54. The van der Waals surface area contributed by atoms with E-state index >= 15 is 0 Å². The number of hydrogen-bond acceptors (Lipinski definition) is 3. The topological polar surface area (TPSA) is 60.7 Å². The average molecular weight is 210 g/mol. The van der Waals surface area contributed by atoms with E-state index in [0.717, 1.165) is 15.7 Å². The van der Waals surface area contributed by atoms with Crippen LogP contribution in [0.15, 0.2) is 0 Å². The molecule has 14 heavy (non-hydrogen) atoms. The highest BCUT2D eigenvalue weighted by atomic mass is 19.4. The van der Waals surface area contributed by atoms with Crippen LogP contribution in [-0.2, 0) is 0 Å². The van der Waals surface area contributed by atoms with E-state index in [0.29, 0.717) is 0 Å². The van der Waals surface area contributed by atoms with E-state index in [4.69, 9.17) is 0 Å². The van der Waals surface area contributed by atoms with E-state index < -0.39 is 22.8 Å². The monoisotopic (exact) mass is 210 g/mol. The second-order valence-corrected chi connectivity index (χ2v) is 4.31. The molecule has 3 N–H and O–H groups in total. The maximum absolute atomic E-state index is 12.5. The molecule has 0 aromatic heterocycles. The molecule has 0 saturated heterocycles. The van der Waals surface area contributed by atoms with Crippen LogP contribution < -0.4 is 0 Å². The van der Waals surface area contributed by atoms with E-state index in [1.54, 1.807) is 0 Å². The minimum absolute atomic E-state index is 0.368. The lowest BCUT2D eigenvalue weighted by molar-refractivity contribution is -0.334. The summed E-state index contributed by atoms with van der Waals surface area (Å²) in [6, 6.07) is 0. The maximum Gasteiger partial charge on any atom is 0.399 e. The van der Waals surface area contributed by atoms with Gasteiger partial charge in [0.1, 0.15) is 21.1 Å². The van der Waals surface area contributed by atoms with E-state index in [1.165, 1.54) is 0 Å². The summed E-state index contributed by atoms with van der Waals surface area (Å²) < 4.78 is 37.5. The Morgan fingerprint density at radius 1 is 1.00 bits per heavy atom. The number of halogens is 3. The molecule has 1 fully saturated rings. The highest BCUT2D eigenvalue weighted by molar-refractivity contribution is 6.39. The van der Waals surface area contributed by atoms with Gasteiger partial charge >= 0.3 is 6.18 Å². The quantitative estimate of drug-likeness (QED) is 0.362. The third-order valence-corrected chi connectivity index (χ3v) is 2.81. The summed E-state index contributed by atoms with van der Waals surface area (Å²) in [4.78, 5) is 0. The minimum Gasteiger partial charge on any atom is -0.402 e. The van der Waals surface area contributed by atoms with Gasteiger partial charge in [0.05, 0.1) is 5.40 Å². The lowest BCUT2D eigenvalue weighted by Crippen LogP contribution is -2.64. The summed E-state index contributed by atoms with van der Waals surface area (Å²) in [5.41, 5.74) is -2.57. The molecule has 0 heterocycles. The number of rotatable bonds is 2. The molecule has 1 aliphatic carbocycles. The molecule has 0 atom stereocenters. The minimum atomic E-state index is -4.71. The van der Waals surface area contributed by atoms with Crippen LogP contribution in [0.25, 0.3) is 0 Å². The molecular formula is C6H11B2F3O3. The van der Waals surface area contributed by atoms with E-state index in [1.807, 2.05) is 0 Å². The number of aliphatic hydroxyl groups is 3. The van der Waals surface area contributed by atoms with Gasteiger partial charge in [0.15, 0.2) is 5.79 Å². The molecule has 0 aromatic rings. The Balaban J connectivity index is 3.05. The number of hydrogen-bond donors (Lipinski definition) is 3. The summed E-state index contributed by atoms with van der Waals surface area (Å²) in [6.07, 6.45) is -5.45. The van der Waals surface area contributed by atoms with Crippen LogP contribution in [0.2, 0.25) is 0 Å². The van der Waals surface area contributed by atoms with Crippen molar-refractivity contribution in [2.75, 3.05) is 0 Å². The van der Waals surface area contributed by atoms with Crippen molar-refractivity contribution in [3.63, 3.8) is 0 Å². The first kappa shape index (κ1) is 11.9. The molecule has 8 heteroatoms. The van der Waals surface area contributed by atoms with Gasteiger partial charge in [0, 0.05) is 0 Å². The molecule has 0 radical (unpaired) electrons. The molecule has 1 aliphatic rings. The van der Waals surface area contributed by atoms with E-state index in [2.05, 4.69) is 0 Å². The molecule has 0 bridgehead atoms. The molecule has 0 spiro atoms. The van der Waals surface area contributed by atoms with Crippen LogP contribution in [0.4, 0.5) is 13.2 Å². The van der Waals surface area contributed by atoms with Gasteiger partial charge in [-0.05, 0) is 12.8 Å². The largest absolute Gasteiger partial charge is 0.402 e. The van der Waals surface area contributed by atoms with Gasteiger partial charge in [-0.15, -0.1) is 0 Å². The molecule has 80 valence electrons. The average Bonchev–Trinajstić information content (AvgIpc) is 2.58. The summed E-state index contributed by atoms with van der Waals surface area (Å²) in [6.45, 7) is 0. The zero-order valence-electron chi connectivity index (χ0n) is 7.89. The van der Waals surface area contributed by atoms with Crippen molar-refractivity contribution >= 4 is 15.7 Å². The summed E-state index contributed by atoms with van der Waals surface area (Å²) in [7, 11) is 1.89. The fourth-order valence-corrected chi connectivity index (χ4v) is 1.54. The van der Waals surface area contributed by atoms with Gasteiger partial charge < -0.3 is 15.3 Å². The Hall–Kier alpha value is -0.200. The molecule has 0 unspecified atom stereocenters. The molecule has 0 amide bonds. The maximum atomic E-state index is 12.5. The smallest absolute Gasteiger partial charge is 0.399 e. The molecular weight excluding hydrogens is 199 g/mol. The normalized spacial score (nSPS) is 22.1. The molecule has 0 aromatic carbocycles. The Kier molecular flexibility index (Phi) is 2.27. The second kappa shape index (κ2) is 2.68. The zero-order chi connectivity index (χ0) is 11.4. The first-order valence-electron chi connectivity index (χ1n) is 4.19. The van der Waals surface area contributed by atoms with Crippen molar-refractivity contribution in [3.05, 3.63) is 0 Å². The lowest BCUT2D eigenvalue weighted by Gasteiger charge is -2.41. The van der Waals surface area contributed by atoms with Crippen molar-refractivity contribution in [1.82, 2.24) is 0 Å². The van der Waals surface area contributed by atoms with Crippen molar-refractivity contribution < 1.29 is 28.5 Å². The van der Waals surface area contributed by atoms with E-state index in [-0.39, 0.29) is 12.8 Å². The van der Waals surface area contributed by atoms with Gasteiger partial charge in [-0.1, -0.05) is 0 Å². The van der Waals surface area contributed by atoms with Gasteiger partial charge in [0.2, 0.25) is 0 Å². The Morgan fingerprint density at radius 2 is 1.36 bits per heavy atom. The third-order valence-electron chi connectivity index (χ3n) is 2.81. The first-order valence-corrected chi connectivity index (χ1v) is 4.19.